The molecule has 0 atom stereocenters. The summed E-state index contributed by atoms with van der Waals surface area (Å²) in [6.07, 6.45) is 6.70. The van der Waals surface area contributed by atoms with Crippen molar-refractivity contribution in [3.05, 3.63) is 84.2 Å². The van der Waals surface area contributed by atoms with E-state index in [1.165, 1.54) is 6.08 Å². The van der Waals surface area contributed by atoms with Crippen LogP contribution in [0.1, 0.15) is 11.1 Å². The van der Waals surface area contributed by atoms with Gasteiger partial charge in [-0.3, -0.25) is 9.78 Å². The third kappa shape index (κ3) is 6.10. The van der Waals surface area contributed by atoms with Crippen LogP contribution in [0.15, 0.2) is 73.1 Å². The summed E-state index contributed by atoms with van der Waals surface area (Å²) in [5.74, 6) is 1.70. The van der Waals surface area contributed by atoms with E-state index in [0.29, 0.717) is 23.8 Å². The van der Waals surface area contributed by atoms with Crippen molar-refractivity contribution < 1.29 is 19.0 Å². The van der Waals surface area contributed by atoms with Gasteiger partial charge in [-0.2, -0.15) is 0 Å². The molecule has 1 aromatic heterocycles. The maximum Gasteiger partial charge on any atom is 0.248 e. The van der Waals surface area contributed by atoms with Gasteiger partial charge < -0.3 is 19.5 Å². The number of hydrogen-bond donors (Lipinski definition) is 1. The molecule has 148 valence electrons. The number of anilines is 1. The van der Waals surface area contributed by atoms with Crippen LogP contribution in [-0.4, -0.2) is 25.1 Å². The number of carbonyl (C=O) groups excluding carboxylic acids is 1. The molecule has 1 heterocycles. The Bertz CT molecular complexity index is 948. The highest BCUT2D eigenvalue weighted by Crippen LogP contribution is 2.25. The summed E-state index contributed by atoms with van der Waals surface area (Å²) in [6, 6.07) is 16.5. The molecule has 0 saturated heterocycles. The molecule has 29 heavy (non-hydrogen) atoms. The van der Waals surface area contributed by atoms with Crippen molar-refractivity contribution in [2.24, 2.45) is 0 Å². The minimum absolute atomic E-state index is 0.253. The summed E-state index contributed by atoms with van der Waals surface area (Å²) >= 11 is 0. The lowest BCUT2D eigenvalue weighted by molar-refractivity contribution is -0.111. The van der Waals surface area contributed by atoms with E-state index < -0.39 is 0 Å². The number of nitrogens with zero attached hydrogens (tertiary/aromatic N) is 1. The molecule has 2 aromatic carbocycles. The van der Waals surface area contributed by atoms with Crippen LogP contribution < -0.4 is 19.5 Å². The average molecular weight is 390 g/mol. The maximum absolute atomic E-state index is 12.2. The van der Waals surface area contributed by atoms with Crippen molar-refractivity contribution >= 4 is 17.7 Å². The van der Waals surface area contributed by atoms with Crippen molar-refractivity contribution in [2.75, 3.05) is 19.5 Å². The van der Waals surface area contributed by atoms with E-state index in [9.17, 15) is 4.79 Å². The highest BCUT2D eigenvalue weighted by Gasteiger charge is 2.04. The molecular formula is C23H22N2O4. The monoisotopic (exact) mass is 390 g/mol. The number of ether oxygens (including phenoxy) is 3. The smallest absolute Gasteiger partial charge is 0.248 e. The summed E-state index contributed by atoms with van der Waals surface area (Å²) in [4.78, 5) is 16.3. The molecule has 6 nitrogen and oxygen atoms in total. The Kier molecular flexibility index (Phi) is 6.84. The van der Waals surface area contributed by atoms with Gasteiger partial charge in [0.15, 0.2) is 0 Å². The Balaban J connectivity index is 1.56. The van der Waals surface area contributed by atoms with Gasteiger partial charge >= 0.3 is 0 Å². The first-order valence-corrected chi connectivity index (χ1v) is 9.00. The number of methoxy groups -OCH3 is 2. The number of benzene rings is 2. The van der Waals surface area contributed by atoms with Crippen molar-refractivity contribution in [1.82, 2.24) is 4.98 Å². The van der Waals surface area contributed by atoms with Crippen LogP contribution in [0.2, 0.25) is 0 Å². The molecule has 1 amide bonds. The summed E-state index contributed by atoms with van der Waals surface area (Å²) < 4.78 is 16.1. The lowest BCUT2D eigenvalue weighted by Crippen LogP contribution is -2.08. The predicted octanol–water partition coefficient (Wildman–Crippen LogP) is 4.33. The fourth-order valence-corrected chi connectivity index (χ4v) is 2.56. The number of amides is 1. The van der Waals surface area contributed by atoms with Gasteiger partial charge in [0.05, 0.1) is 14.2 Å². The number of nitrogens with one attached hydrogen (secondary N) is 1. The SMILES string of the molecule is COc1cc(NC(=O)/C=C/c2ccc(OCc3cccnc3)cc2)cc(OC)c1. The highest BCUT2D eigenvalue weighted by molar-refractivity contribution is 6.02. The zero-order valence-electron chi connectivity index (χ0n) is 16.3. The Morgan fingerprint density at radius 3 is 2.34 bits per heavy atom. The molecule has 0 bridgehead atoms. The zero-order chi connectivity index (χ0) is 20.5. The number of hydrogen-bond acceptors (Lipinski definition) is 5. The topological polar surface area (TPSA) is 69.7 Å². The first-order chi connectivity index (χ1) is 14.2. The normalized spacial score (nSPS) is 10.6. The second-order valence-corrected chi connectivity index (χ2v) is 6.14. The molecule has 0 aliphatic rings. The quantitative estimate of drug-likeness (QED) is 0.580. The Morgan fingerprint density at radius 1 is 1.00 bits per heavy atom. The summed E-state index contributed by atoms with van der Waals surface area (Å²) in [5.41, 5.74) is 2.48. The van der Waals surface area contributed by atoms with E-state index in [1.54, 1.807) is 50.9 Å². The fourth-order valence-electron chi connectivity index (χ4n) is 2.56. The van der Waals surface area contributed by atoms with E-state index in [4.69, 9.17) is 14.2 Å². The van der Waals surface area contributed by atoms with Gasteiger partial charge in [0.1, 0.15) is 23.9 Å². The van der Waals surface area contributed by atoms with Crippen molar-refractivity contribution in [3.63, 3.8) is 0 Å². The standard InChI is InChI=1S/C23H22N2O4/c1-27-21-12-19(13-22(14-21)28-2)25-23(26)10-7-17-5-8-20(9-6-17)29-16-18-4-3-11-24-15-18/h3-15H,16H2,1-2H3,(H,25,26)/b10-7+. The van der Waals surface area contributed by atoms with Gasteiger partial charge in [-0.05, 0) is 29.8 Å². The molecule has 0 aliphatic carbocycles. The van der Waals surface area contributed by atoms with Crippen LogP contribution >= 0.6 is 0 Å². The first-order valence-electron chi connectivity index (χ1n) is 9.00. The van der Waals surface area contributed by atoms with Gasteiger partial charge in [-0.1, -0.05) is 18.2 Å². The van der Waals surface area contributed by atoms with E-state index in [0.717, 1.165) is 16.9 Å². The van der Waals surface area contributed by atoms with Gasteiger partial charge in [0.2, 0.25) is 5.91 Å². The lowest BCUT2D eigenvalue weighted by Gasteiger charge is -2.08. The summed E-state index contributed by atoms with van der Waals surface area (Å²) in [7, 11) is 3.12. The Hall–Kier alpha value is -3.80. The number of rotatable bonds is 8. The molecular weight excluding hydrogens is 368 g/mol. The van der Waals surface area contributed by atoms with E-state index in [-0.39, 0.29) is 5.91 Å². The molecule has 0 aliphatic heterocycles. The minimum Gasteiger partial charge on any atom is -0.497 e. The molecule has 6 heteroatoms. The number of pyridine rings is 1. The highest BCUT2D eigenvalue weighted by atomic mass is 16.5. The average Bonchev–Trinajstić information content (AvgIpc) is 2.77. The van der Waals surface area contributed by atoms with E-state index >= 15 is 0 Å². The van der Waals surface area contributed by atoms with E-state index in [1.807, 2.05) is 36.4 Å². The molecule has 0 saturated carbocycles. The van der Waals surface area contributed by atoms with Crippen LogP contribution in [0.5, 0.6) is 17.2 Å². The summed E-state index contributed by atoms with van der Waals surface area (Å²) in [5, 5.41) is 2.80. The Morgan fingerprint density at radius 2 is 1.72 bits per heavy atom. The number of carbonyl (C=O) groups is 1. The second kappa shape index (κ2) is 9.94. The molecule has 0 fully saturated rings. The summed E-state index contributed by atoms with van der Waals surface area (Å²) in [6.45, 7) is 0.454. The third-order valence-electron chi connectivity index (χ3n) is 4.05. The van der Waals surface area contributed by atoms with Crippen molar-refractivity contribution in [1.29, 1.82) is 0 Å². The van der Waals surface area contributed by atoms with E-state index in [2.05, 4.69) is 10.3 Å². The van der Waals surface area contributed by atoms with Gasteiger partial charge in [0, 0.05) is 47.9 Å². The van der Waals surface area contributed by atoms with Crippen LogP contribution in [0, 0.1) is 0 Å². The van der Waals surface area contributed by atoms with Gasteiger partial charge in [-0.15, -0.1) is 0 Å². The van der Waals surface area contributed by atoms with Crippen LogP contribution in [-0.2, 0) is 11.4 Å². The molecule has 3 aromatic rings. The second-order valence-electron chi connectivity index (χ2n) is 6.14. The molecule has 0 spiro atoms. The van der Waals surface area contributed by atoms with Crippen molar-refractivity contribution in [3.8, 4) is 17.2 Å². The van der Waals surface area contributed by atoms with Gasteiger partial charge in [0.25, 0.3) is 0 Å². The third-order valence-corrected chi connectivity index (χ3v) is 4.05. The maximum atomic E-state index is 12.2. The largest absolute Gasteiger partial charge is 0.497 e. The van der Waals surface area contributed by atoms with Crippen LogP contribution in [0.3, 0.4) is 0 Å². The lowest BCUT2D eigenvalue weighted by atomic mass is 10.2. The Labute approximate surface area is 169 Å². The minimum atomic E-state index is -0.253. The van der Waals surface area contributed by atoms with Crippen molar-refractivity contribution in [2.45, 2.75) is 6.61 Å². The van der Waals surface area contributed by atoms with Gasteiger partial charge in [-0.25, -0.2) is 0 Å². The fraction of sp³-hybridized carbons (Fsp3) is 0.130. The number of aromatic nitrogens is 1. The zero-order valence-corrected chi connectivity index (χ0v) is 16.3. The first kappa shape index (κ1) is 19.9. The molecule has 1 N–H and O–H groups in total. The molecule has 0 unspecified atom stereocenters. The molecule has 3 rings (SSSR count). The molecule has 0 radical (unpaired) electrons. The predicted molar refractivity (Wildman–Crippen MR) is 112 cm³/mol. The van der Waals surface area contributed by atoms with Crippen LogP contribution in [0.25, 0.3) is 6.08 Å². The van der Waals surface area contributed by atoms with Crippen LogP contribution in [0.4, 0.5) is 5.69 Å².